The molecule has 0 fully saturated rings. The van der Waals surface area contributed by atoms with Crippen molar-refractivity contribution in [2.24, 2.45) is 0 Å². The second-order valence-corrected chi connectivity index (χ2v) is 11.2. The average molecular weight is 731 g/mol. The van der Waals surface area contributed by atoms with Crippen molar-refractivity contribution in [3.63, 3.8) is 0 Å². The molecule has 0 saturated heterocycles. The van der Waals surface area contributed by atoms with Crippen molar-refractivity contribution in [2.75, 3.05) is 0 Å². The normalized spacial score (nSPS) is 10.3. The molecule has 6 aromatic carbocycles. The molecule has 9 rings (SSSR count). The molecule has 0 aliphatic heterocycles. The van der Waals surface area contributed by atoms with Gasteiger partial charge in [-0.1, -0.05) is 164 Å². The molecule has 3 nitrogen and oxygen atoms in total. The van der Waals surface area contributed by atoms with Crippen LogP contribution in [0.2, 0.25) is 0 Å². The zero-order valence-corrected chi connectivity index (χ0v) is 30.3. The summed E-state index contributed by atoms with van der Waals surface area (Å²) in [5, 5.41) is 7.31. The number of rotatable bonds is 3. The standard InChI is InChI=1S/3C15H11N.In/c3*1-2-7-13(8-3-1)15-14-9-5-4-6-12(14)10-11-16-15;/h3*1-11H;/q;;;+3. The molecule has 0 aliphatic rings. The first-order chi connectivity index (χ1) is 23.8. The molecule has 0 spiro atoms. The Bertz CT molecular complexity index is 2110. The summed E-state index contributed by atoms with van der Waals surface area (Å²) in [6.45, 7) is 0. The maximum absolute atomic E-state index is 4.48. The molecule has 4 heteroatoms. The van der Waals surface area contributed by atoms with Crippen molar-refractivity contribution >= 4 is 58.2 Å². The molecule has 0 saturated carbocycles. The number of fused-ring (bicyclic) bond motifs is 3. The zero-order valence-electron chi connectivity index (χ0n) is 27.0. The van der Waals surface area contributed by atoms with E-state index in [4.69, 9.17) is 0 Å². The number of benzene rings is 6. The first kappa shape index (κ1) is 33.3. The molecule has 3 aromatic heterocycles. The Balaban J connectivity index is 0.000000126. The predicted molar refractivity (Wildman–Crippen MR) is 207 cm³/mol. The fourth-order valence-corrected chi connectivity index (χ4v) is 5.84. The predicted octanol–water partition coefficient (Wildman–Crippen LogP) is 11.3. The van der Waals surface area contributed by atoms with Crippen LogP contribution in [0.5, 0.6) is 0 Å². The Morgan fingerprint density at radius 2 is 0.490 bits per heavy atom. The van der Waals surface area contributed by atoms with Crippen LogP contribution in [-0.2, 0) is 0 Å². The van der Waals surface area contributed by atoms with E-state index in [0.717, 1.165) is 17.1 Å². The van der Waals surface area contributed by atoms with Gasteiger partial charge in [0.15, 0.2) is 0 Å². The molecular weight excluding hydrogens is 697 g/mol. The Morgan fingerprint density at radius 1 is 0.245 bits per heavy atom. The van der Waals surface area contributed by atoms with Crippen molar-refractivity contribution < 1.29 is 0 Å². The first-order valence-corrected chi connectivity index (χ1v) is 16.0. The minimum absolute atomic E-state index is 0. The quantitative estimate of drug-likeness (QED) is 0.182. The third-order valence-electron chi connectivity index (χ3n) is 8.16. The van der Waals surface area contributed by atoms with E-state index in [2.05, 4.69) is 124 Å². The SMILES string of the molecule is [In+3].c1ccc(-c2nccc3ccccc23)cc1.c1ccc(-c2nccc3ccccc23)cc1.c1ccc(-c2nccc3ccccc23)cc1. The molecule has 0 unspecified atom stereocenters. The molecule has 9 aromatic rings. The molecule has 0 atom stereocenters. The Morgan fingerprint density at radius 3 is 0.776 bits per heavy atom. The summed E-state index contributed by atoms with van der Waals surface area (Å²) < 4.78 is 0. The van der Waals surface area contributed by atoms with Gasteiger partial charge in [0.2, 0.25) is 0 Å². The minimum atomic E-state index is 0. The third kappa shape index (κ3) is 7.94. The molecule has 0 aliphatic carbocycles. The smallest absolute Gasteiger partial charge is 0.256 e. The Kier molecular flexibility index (Phi) is 11.2. The van der Waals surface area contributed by atoms with E-state index in [1.807, 2.05) is 91.4 Å². The van der Waals surface area contributed by atoms with Crippen LogP contribution in [0.15, 0.2) is 201 Å². The maximum atomic E-state index is 4.48. The summed E-state index contributed by atoms with van der Waals surface area (Å²) in [5.41, 5.74) is 6.66. The van der Waals surface area contributed by atoms with Gasteiger partial charge in [0.25, 0.3) is 0 Å². The monoisotopic (exact) mass is 730 g/mol. The molecular formula is C45H33InN3+3. The van der Waals surface area contributed by atoms with Crippen molar-refractivity contribution in [1.29, 1.82) is 0 Å². The van der Waals surface area contributed by atoms with Crippen LogP contribution in [-0.4, -0.2) is 40.8 Å². The van der Waals surface area contributed by atoms with E-state index in [9.17, 15) is 0 Å². The fourth-order valence-electron chi connectivity index (χ4n) is 5.84. The van der Waals surface area contributed by atoms with E-state index < -0.39 is 0 Å². The third-order valence-corrected chi connectivity index (χ3v) is 8.16. The van der Waals surface area contributed by atoms with Crippen molar-refractivity contribution in [3.05, 3.63) is 201 Å². The van der Waals surface area contributed by atoms with Gasteiger partial charge in [0.1, 0.15) is 0 Å². The summed E-state index contributed by atoms with van der Waals surface area (Å²) in [6, 6.07) is 62.0. The van der Waals surface area contributed by atoms with Gasteiger partial charge < -0.3 is 0 Å². The fraction of sp³-hybridized carbons (Fsp3) is 0. The molecule has 0 N–H and O–H groups in total. The summed E-state index contributed by atoms with van der Waals surface area (Å²) in [7, 11) is 0. The van der Waals surface area contributed by atoms with Crippen LogP contribution in [0, 0.1) is 0 Å². The molecule has 0 radical (unpaired) electrons. The second kappa shape index (κ2) is 16.5. The summed E-state index contributed by atoms with van der Waals surface area (Å²) in [4.78, 5) is 13.4. The molecule has 49 heavy (non-hydrogen) atoms. The van der Waals surface area contributed by atoms with E-state index >= 15 is 0 Å². The van der Waals surface area contributed by atoms with E-state index in [1.165, 1.54) is 49.0 Å². The van der Waals surface area contributed by atoms with Gasteiger partial charge in [0.05, 0.1) is 17.1 Å². The number of aromatic nitrogens is 3. The molecule has 228 valence electrons. The summed E-state index contributed by atoms with van der Waals surface area (Å²) >= 11 is 0. The average Bonchev–Trinajstić information content (AvgIpc) is 3.19. The largest absolute Gasteiger partial charge is 3.00 e. The van der Waals surface area contributed by atoms with Gasteiger partial charge in [-0.2, -0.15) is 0 Å². The topological polar surface area (TPSA) is 38.7 Å². The van der Waals surface area contributed by atoms with Crippen LogP contribution in [0.25, 0.3) is 66.1 Å². The van der Waals surface area contributed by atoms with Gasteiger partial charge in [-0.15, -0.1) is 0 Å². The van der Waals surface area contributed by atoms with Crippen molar-refractivity contribution in [3.8, 4) is 33.8 Å². The van der Waals surface area contributed by atoms with Crippen LogP contribution >= 0.6 is 0 Å². The number of hydrogen-bond acceptors (Lipinski definition) is 3. The summed E-state index contributed by atoms with van der Waals surface area (Å²) in [5.74, 6) is 0. The van der Waals surface area contributed by atoms with E-state index in [-0.39, 0.29) is 25.8 Å². The van der Waals surface area contributed by atoms with Crippen molar-refractivity contribution in [2.45, 2.75) is 0 Å². The Hall–Kier alpha value is -5.58. The van der Waals surface area contributed by atoms with Gasteiger partial charge in [0, 0.05) is 51.4 Å². The van der Waals surface area contributed by atoms with Crippen LogP contribution < -0.4 is 0 Å². The zero-order chi connectivity index (χ0) is 32.4. The van der Waals surface area contributed by atoms with E-state index in [1.54, 1.807) is 0 Å². The van der Waals surface area contributed by atoms with E-state index in [0.29, 0.717) is 0 Å². The maximum Gasteiger partial charge on any atom is 3.00 e. The first-order valence-electron chi connectivity index (χ1n) is 16.0. The molecule has 0 amide bonds. The van der Waals surface area contributed by atoms with Crippen LogP contribution in [0.1, 0.15) is 0 Å². The second-order valence-electron chi connectivity index (χ2n) is 11.2. The van der Waals surface area contributed by atoms with Gasteiger partial charge in [-0.05, 0) is 34.4 Å². The Labute approximate surface area is 305 Å². The van der Waals surface area contributed by atoms with Gasteiger partial charge in [-0.25, -0.2) is 0 Å². The molecule has 3 heterocycles. The molecule has 0 bridgehead atoms. The van der Waals surface area contributed by atoms with Crippen molar-refractivity contribution in [1.82, 2.24) is 15.0 Å². The summed E-state index contributed by atoms with van der Waals surface area (Å²) in [6.07, 6.45) is 5.60. The van der Waals surface area contributed by atoms with Gasteiger partial charge in [-0.3, -0.25) is 15.0 Å². The number of nitrogens with zero attached hydrogens (tertiary/aromatic N) is 3. The minimum Gasteiger partial charge on any atom is -0.256 e. The number of pyridine rings is 3. The number of hydrogen-bond donors (Lipinski definition) is 0. The van der Waals surface area contributed by atoms with Gasteiger partial charge >= 0.3 is 25.8 Å². The van der Waals surface area contributed by atoms with Crippen LogP contribution in [0.4, 0.5) is 0 Å². The van der Waals surface area contributed by atoms with Crippen LogP contribution in [0.3, 0.4) is 0 Å².